The lowest BCUT2D eigenvalue weighted by Gasteiger charge is -2.12. The van der Waals surface area contributed by atoms with Gasteiger partial charge >= 0.3 is 5.97 Å². The van der Waals surface area contributed by atoms with Crippen molar-refractivity contribution in [3.05, 3.63) is 17.5 Å². The van der Waals surface area contributed by atoms with E-state index in [0.29, 0.717) is 5.76 Å². The van der Waals surface area contributed by atoms with Gasteiger partial charge in [-0.3, -0.25) is 4.79 Å². The van der Waals surface area contributed by atoms with Crippen molar-refractivity contribution >= 4 is 5.97 Å². The van der Waals surface area contributed by atoms with E-state index in [9.17, 15) is 4.79 Å². The molecule has 0 spiro atoms. The van der Waals surface area contributed by atoms with E-state index < -0.39 is 5.97 Å². The van der Waals surface area contributed by atoms with Crippen molar-refractivity contribution in [2.75, 3.05) is 0 Å². The number of aromatic nitrogens is 1. The fourth-order valence-electron chi connectivity index (χ4n) is 0.899. The monoisotopic (exact) mass is 183 g/mol. The second-order valence-electron chi connectivity index (χ2n) is 4.00. The Morgan fingerprint density at radius 3 is 2.62 bits per heavy atom. The van der Waals surface area contributed by atoms with Crippen LogP contribution in [0.3, 0.4) is 0 Å². The molecule has 0 aliphatic heterocycles. The van der Waals surface area contributed by atoms with E-state index in [1.165, 1.54) is 0 Å². The molecule has 72 valence electrons. The first-order valence-corrected chi connectivity index (χ1v) is 4.07. The maximum Gasteiger partial charge on any atom is 0.311 e. The molecule has 0 fully saturated rings. The Labute approximate surface area is 76.5 Å². The molecule has 0 amide bonds. The number of carboxylic acid groups (broad SMARTS) is 1. The molecule has 0 saturated carbocycles. The van der Waals surface area contributed by atoms with Gasteiger partial charge in [0.2, 0.25) is 0 Å². The zero-order chi connectivity index (χ0) is 10.1. The minimum atomic E-state index is -0.906. The fraction of sp³-hybridized carbons (Fsp3) is 0.556. The van der Waals surface area contributed by atoms with Crippen molar-refractivity contribution in [1.82, 2.24) is 5.16 Å². The van der Waals surface area contributed by atoms with Gasteiger partial charge in [-0.2, -0.15) is 0 Å². The Bertz CT molecular complexity index is 309. The van der Waals surface area contributed by atoms with Gasteiger partial charge in [-0.1, -0.05) is 25.9 Å². The Morgan fingerprint density at radius 2 is 2.23 bits per heavy atom. The van der Waals surface area contributed by atoms with Gasteiger partial charge in [0.05, 0.1) is 5.69 Å². The van der Waals surface area contributed by atoms with Gasteiger partial charge in [0.1, 0.15) is 12.2 Å². The van der Waals surface area contributed by atoms with Gasteiger partial charge in [-0.15, -0.1) is 0 Å². The van der Waals surface area contributed by atoms with Crippen LogP contribution < -0.4 is 0 Å². The van der Waals surface area contributed by atoms with Crippen molar-refractivity contribution in [2.24, 2.45) is 0 Å². The van der Waals surface area contributed by atoms with E-state index in [1.54, 1.807) is 6.07 Å². The predicted molar refractivity (Wildman–Crippen MR) is 46.5 cm³/mol. The lowest BCUT2D eigenvalue weighted by Crippen LogP contribution is -2.11. The SMILES string of the molecule is CC(C)(C)c1cc(CC(=O)O)on1. The lowest BCUT2D eigenvalue weighted by atomic mass is 9.92. The topological polar surface area (TPSA) is 63.3 Å². The van der Waals surface area contributed by atoms with Crippen LogP contribution in [0.15, 0.2) is 10.6 Å². The largest absolute Gasteiger partial charge is 0.481 e. The molecule has 0 aliphatic carbocycles. The maximum atomic E-state index is 10.3. The molecule has 0 radical (unpaired) electrons. The van der Waals surface area contributed by atoms with Crippen LogP contribution in [0.4, 0.5) is 0 Å². The first-order valence-electron chi connectivity index (χ1n) is 4.07. The molecule has 1 aromatic heterocycles. The molecule has 4 heteroatoms. The summed E-state index contributed by atoms with van der Waals surface area (Å²) < 4.78 is 4.87. The van der Waals surface area contributed by atoms with Crippen LogP contribution >= 0.6 is 0 Å². The number of carboxylic acids is 1. The van der Waals surface area contributed by atoms with E-state index in [4.69, 9.17) is 9.63 Å². The Morgan fingerprint density at radius 1 is 1.62 bits per heavy atom. The number of rotatable bonds is 2. The highest BCUT2D eigenvalue weighted by molar-refractivity contribution is 5.69. The zero-order valence-electron chi connectivity index (χ0n) is 8.00. The smallest absolute Gasteiger partial charge is 0.311 e. The average Bonchev–Trinajstić information content (AvgIpc) is 2.32. The van der Waals surface area contributed by atoms with Crippen LogP contribution in [-0.2, 0) is 16.6 Å². The maximum absolute atomic E-state index is 10.3. The van der Waals surface area contributed by atoms with Gasteiger partial charge in [-0.25, -0.2) is 0 Å². The van der Waals surface area contributed by atoms with E-state index in [-0.39, 0.29) is 11.8 Å². The summed E-state index contributed by atoms with van der Waals surface area (Å²) in [5, 5.41) is 12.3. The third-order valence-corrected chi connectivity index (χ3v) is 1.65. The highest BCUT2D eigenvalue weighted by atomic mass is 16.5. The van der Waals surface area contributed by atoms with Crippen LogP contribution in [-0.4, -0.2) is 16.2 Å². The summed E-state index contributed by atoms with van der Waals surface area (Å²) in [6, 6.07) is 1.69. The molecule has 1 N–H and O–H groups in total. The fourth-order valence-corrected chi connectivity index (χ4v) is 0.899. The molecule has 4 nitrogen and oxygen atoms in total. The van der Waals surface area contributed by atoms with Crippen molar-refractivity contribution in [3.63, 3.8) is 0 Å². The Hall–Kier alpha value is -1.32. The van der Waals surface area contributed by atoms with Gasteiger partial charge in [-0.05, 0) is 0 Å². The number of aliphatic carboxylic acids is 1. The number of hydrogen-bond donors (Lipinski definition) is 1. The molecule has 0 saturated heterocycles. The average molecular weight is 183 g/mol. The Kier molecular flexibility index (Phi) is 2.40. The molecule has 1 heterocycles. The number of nitrogens with zero attached hydrogens (tertiary/aromatic N) is 1. The van der Waals surface area contributed by atoms with E-state index in [2.05, 4.69) is 5.16 Å². The standard InChI is InChI=1S/C9H13NO3/c1-9(2,3)7-4-6(13-10-7)5-8(11)12/h4H,5H2,1-3H3,(H,11,12). The first kappa shape index (κ1) is 9.77. The van der Waals surface area contributed by atoms with Crippen LogP contribution in [0.2, 0.25) is 0 Å². The van der Waals surface area contributed by atoms with Gasteiger partial charge in [0, 0.05) is 11.5 Å². The summed E-state index contributed by atoms with van der Waals surface area (Å²) in [5.74, 6) is -0.506. The van der Waals surface area contributed by atoms with Crippen LogP contribution in [0.25, 0.3) is 0 Å². The summed E-state index contributed by atoms with van der Waals surface area (Å²) in [4.78, 5) is 10.3. The molecule has 1 aromatic rings. The minimum absolute atomic E-state index is 0.0970. The summed E-state index contributed by atoms with van der Waals surface area (Å²) in [6.45, 7) is 5.99. The molecule has 0 aliphatic rings. The third-order valence-electron chi connectivity index (χ3n) is 1.65. The van der Waals surface area contributed by atoms with Crippen molar-refractivity contribution < 1.29 is 14.4 Å². The summed E-state index contributed by atoms with van der Waals surface area (Å²) in [5.41, 5.74) is 0.684. The molecular weight excluding hydrogens is 170 g/mol. The van der Waals surface area contributed by atoms with E-state index in [1.807, 2.05) is 20.8 Å². The van der Waals surface area contributed by atoms with E-state index >= 15 is 0 Å². The van der Waals surface area contributed by atoms with Gasteiger partial charge in [0.25, 0.3) is 0 Å². The minimum Gasteiger partial charge on any atom is -0.481 e. The van der Waals surface area contributed by atoms with Crippen LogP contribution in [0.5, 0.6) is 0 Å². The van der Waals surface area contributed by atoms with Crippen LogP contribution in [0, 0.1) is 0 Å². The summed E-state index contributed by atoms with van der Waals surface area (Å²) >= 11 is 0. The Balaban J connectivity index is 2.81. The molecule has 0 atom stereocenters. The second-order valence-corrected chi connectivity index (χ2v) is 4.00. The molecule has 13 heavy (non-hydrogen) atoms. The quantitative estimate of drug-likeness (QED) is 0.756. The molecular formula is C9H13NO3. The highest BCUT2D eigenvalue weighted by Crippen LogP contribution is 2.21. The van der Waals surface area contributed by atoms with E-state index in [0.717, 1.165) is 5.69 Å². The zero-order valence-corrected chi connectivity index (χ0v) is 8.00. The molecule has 0 bridgehead atoms. The van der Waals surface area contributed by atoms with Crippen molar-refractivity contribution in [3.8, 4) is 0 Å². The summed E-state index contributed by atoms with van der Waals surface area (Å²) in [6.07, 6.45) is -0.108. The normalized spacial score (nSPS) is 11.6. The van der Waals surface area contributed by atoms with Crippen molar-refractivity contribution in [1.29, 1.82) is 0 Å². The molecule has 0 unspecified atom stereocenters. The predicted octanol–water partition coefficient (Wildman–Crippen LogP) is 1.60. The lowest BCUT2D eigenvalue weighted by molar-refractivity contribution is -0.136. The number of hydrogen-bond acceptors (Lipinski definition) is 3. The number of carbonyl (C=O) groups is 1. The summed E-state index contributed by atoms with van der Waals surface area (Å²) in [7, 11) is 0. The molecule has 0 aromatic carbocycles. The van der Waals surface area contributed by atoms with Gasteiger partial charge in [0.15, 0.2) is 0 Å². The second kappa shape index (κ2) is 3.20. The van der Waals surface area contributed by atoms with Gasteiger partial charge < -0.3 is 9.63 Å². The first-order chi connectivity index (χ1) is 5.89. The molecule has 1 rings (SSSR count). The van der Waals surface area contributed by atoms with Crippen LogP contribution in [0.1, 0.15) is 32.2 Å². The highest BCUT2D eigenvalue weighted by Gasteiger charge is 2.19. The third kappa shape index (κ3) is 2.57. The van der Waals surface area contributed by atoms with Crippen molar-refractivity contribution in [2.45, 2.75) is 32.6 Å².